The molecule has 0 heterocycles. The summed E-state index contributed by atoms with van der Waals surface area (Å²) < 4.78 is 0. The summed E-state index contributed by atoms with van der Waals surface area (Å²) in [5.74, 6) is 0.780. The number of rotatable bonds is 8. The minimum Gasteiger partial charge on any atom is -0.372 e. The molecule has 0 unspecified atom stereocenters. The molecule has 0 atom stereocenters. The number of anilines is 1. The van der Waals surface area contributed by atoms with Gasteiger partial charge < -0.3 is 10.2 Å². The Hall–Kier alpha value is -0.440. The van der Waals surface area contributed by atoms with Gasteiger partial charge >= 0.3 is 0 Å². The van der Waals surface area contributed by atoms with Gasteiger partial charge in [-0.3, -0.25) is 0 Å². The van der Waals surface area contributed by atoms with Crippen LogP contribution in [0.25, 0.3) is 0 Å². The molecule has 0 bridgehead atoms. The van der Waals surface area contributed by atoms with E-state index in [1.54, 1.807) is 0 Å². The Bertz CT molecular complexity index is 322. The van der Waals surface area contributed by atoms with Gasteiger partial charge in [0.1, 0.15) is 0 Å². The first-order valence-electron chi connectivity index (χ1n) is 7.22. The lowest BCUT2D eigenvalue weighted by atomic mass is 10.1. The Morgan fingerprint density at radius 2 is 1.55 bits per heavy atom. The fourth-order valence-electron chi connectivity index (χ4n) is 2.04. The highest BCUT2D eigenvalue weighted by Crippen LogP contribution is 2.14. The van der Waals surface area contributed by atoms with Crippen LogP contribution in [0.3, 0.4) is 0 Å². The number of hydrogen-bond acceptors (Lipinski definition) is 2. The van der Waals surface area contributed by atoms with Crippen LogP contribution in [0.5, 0.6) is 0 Å². The van der Waals surface area contributed by atoms with Gasteiger partial charge in [0.15, 0.2) is 0 Å². The van der Waals surface area contributed by atoms with E-state index in [-0.39, 0.29) is 24.8 Å². The first-order valence-corrected chi connectivity index (χ1v) is 7.22. The molecule has 0 saturated heterocycles. The van der Waals surface area contributed by atoms with Crippen LogP contribution in [0.2, 0.25) is 0 Å². The van der Waals surface area contributed by atoms with Crippen LogP contribution >= 0.6 is 24.8 Å². The summed E-state index contributed by atoms with van der Waals surface area (Å²) in [6, 6.07) is 8.92. The zero-order chi connectivity index (χ0) is 13.4. The molecule has 1 aromatic carbocycles. The topological polar surface area (TPSA) is 15.3 Å². The molecular formula is C16H30Cl2N2. The number of benzene rings is 1. The van der Waals surface area contributed by atoms with Crippen LogP contribution in [-0.2, 0) is 6.54 Å². The molecule has 1 rings (SSSR count). The van der Waals surface area contributed by atoms with E-state index in [0.29, 0.717) is 0 Å². The van der Waals surface area contributed by atoms with E-state index >= 15 is 0 Å². The normalized spacial score (nSPS) is 9.85. The van der Waals surface area contributed by atoms with Crippen molar-refractivity contribution in [2.75, 3.05) is 24.5 Å². The number of nitrogens with one attached hydrogen (secondary N) is 1. The van der Waals surface area contributed by atoms with E-state index in [0.717, 1.165) is 32.1 Å². The van der Waals surface area contributed by atoms with Gasteiger partial charge in [0.25, 0.3) is 0 Å². The standard InChI is InChI=1S/C16H28N2.2ClH/c1-5-18(6-2)16-9-7-15(8-10-16)13-17-12-11-14(3)4;;/h7-10,14,17H,5-6,11-13H2,1-4H3;2*1H. The van der Waals surface area contributed by atoms with Gasteiger partial charge in [0.2, 0.25) is 0 Å². The van der Waals surface area contributed by atoms with Crippen LogP contribution in [0, 0.1) is 5.92 Å². The summed E-state index contributed by atoms with van der Waals surface area (Å²) in [6.45, 7) is 13.2. The third-order valence-corrected chi connectivity index (χ3v) is 3.29. The Balaban J connectivity index is 0. The Morgan fingerprint density at radius 3 is 2.00 bits per heavy atom. The maximum atomic E-state index is 3.50. The van der Waals surface area contributed by atoms with E-state index in [2.05, 4.69) is 62.2 Å². The molecule has 0 aliphatic carbocycles. The fourth-order valence-corrected chi connectivity index (χ4v) is 2.04. The van der Waals surface area contributed by atoms with Gasteiger partial charge in [-0.25, -0.2) is 0 Å². The molecule has 0 aliphatic heterocycles. The van der Waals surface area contributed by atoms with E-state index in [4.69, 9.17) is 0 Å². The lowest BCUT2D eigenvalue weighted by Crippen LogP contribution is -2.21. The minimum atomic E-state index is 0. The second-order valence-electron chi connectivity index (χ2n) is 5.20. The van der Waals surface area contributed by atoms with Crippen LogP contribution in [0.15, 0.2) is 24.3 Å². The third-order valence-electron chi connectivity index (χ3n) is 3.29. The predicted molar refractivity (Wildman–Crippen MR) is 95.7 cm³/mol. The Kier molecular flexibility index (Phi) is 13.5. The molecule has 1 N–H and O–H groups in total. The molecule has 20 heavy (non-hydrogen) atoms. The maximum Gasteiger partial charge on any atom is 0.0366 e. The van der Waals surface area contributed by atoms with Crippen molar-refractivity contribution < 1.29 is 0 Å². The molecule has 0 amide bonds. The molecule has 118 valence electrons. The molecular weight excluding hydrogens is 291 g/mol. The second kappa shape index (κ2) is 12.3. The first-order chi connectivity index (χ1) is 8.67. The van der Waals surface area contributed by atoms with Crippen molar-refractivity contribution in [3.05, 3.63) is 29.8 Å². The third kappa shape index (κ3) is 7.98. The van der Waals surface area contributed by atoms with Gasteiger partial charge in [0, 0.05) is 25.3 Å². The van der Waals surface area contributed by atoms with Gasteiger partial charge in [-0.2, -0.15) is 0 Å². The van der Waals surface area contributed by atoms with Crippen LogP contribution in [0.4, 0.5) is 5.69 Å². The van der Waals surface area contributed by atoms with Crippen LogP contribution in [-0.4, -0.2) is 19.6 Å². The summed E-state index contributed by atoms with van der Waals surface area (Å²) in [4.78, 5) is 2.37. The van der Waals surface area contributed by atoms with Crippen LogP contribution < -0.4 is 10.2 Å². The molecule has 2 nitrogen and oxygen atoms in total. The largest absolute Gasteiger partial charge is 0.372 e. The molecule has 0 fully saturated rings. The predicted octanol–water partition coefficient (Wildman–Crippen LogP) is 4.51. The molecule has 0 radical (unpaired) electrons. The Labute approximate surface area is 137 Å². The highest BCUT2D eigenvalue weighted by molar-refractivity contribution is 5.85. The Morgan fingerprint density at radius 1 is 1.00 bits per heavy atom. The summed E-state index contributed by atoms with van der Waals surface area (Å²) >= 11 is 0. The van der Waals surface area contributed by atoms with Crippen molar-refractivity contribution in [3.8, 4) is 0 Å². The molecule has 0 aliphatic rings. The number of nitrogens with zero attached hydrogens (tertiary/aromatic N) is 1. The van der Waals surface area contributed by atoms with E-state index in [9.17, 15) is 0 Å². The molecule has 0 spiro atoms. The molecule has 4 heteroatoms. The summed E-state index contributed by atoms with van der Waals surface area (Å²) in [6.07, 6.45) is 1.25. The van der Waals surface area contributed by atoms with E-state index in [1.807, 2.05) is 0 Å². The van der Waals surface area contributed by atoms with Crippen molar-refractivity contribution in [2.45, 2.75) is 40.7 Å². The van der Waals surface area contributed by atoms with E-state index < -0.39 is 0 Å². The SMILES string of the molecule is CCN(CC)c1ccc(CNCCC(C)C)cc1.Cl.Cl. The van der Waals surface area contributed by atoms with Crippen molar-refractivity contribution >= 4 is 30.5 Å². The lowest BCUT2D eigenvalue weighted by molar-refractivity contribution is 0.537. The van der Waals surface area contributed by atoms with E-state index in [1.165, 1.54) is 17.7 Å². The average molecular weight is 321 g/mol. The summed E-state index contributed by atoms with van der Waals surface area (Å²) in [5, 5.41) is 3.50. The van der Waals surface area contributed by atoms with Crippen molar-refractivity contribution in [1.82, 2.24) is 5.32 Å². The van der Waals surface area contributed by atoms with Crippen molar-refractivity contribution in [3.63, 3.8) is 0 Å². The lowest BCUT2D eigenvalue weighted by Gasteiger charge is -2.21. The second-order valence-corrected chi connectivity index (χ2v) is 5.20. The number of hydrogen-bond donors (Lipinski definition) is 1. The smallest absolute Gasteiger partial charge is 0.0366 e. The highest BCUT2D eigenvalue weighted by atomic mass is 35.5. The quantitative estimate of drug-likeness (QED) is 0.709. The van der Waals surface area contributed by atoms with Crippen molar-refractivity contribution in [1.29, 1.82) is 0 Å². The molecule has 0 saturated carbocycles. The van der Waals surface area contributed by atoms with Crippen LogP contribution in [0.1, 0.15) is 39.7 Å². The first kappa shape index (κ1) is 21.9. The summed E-state index contributed by atoms with van der Waals surface area (Å²) in [7, 11) is 0. The fraction of sp³-hybridized carbons (Fsp3) is 0.625. The highest BCUT2D eigenvalue weighted by Gasteiger charge is 2.01. The van der Waals surface area contributed by atoms with Gasteiger partial charge in [-0.05, 0) is 50.4 Å². The average Bonchev–Trinajstić information content (AvgIpc) is 2.37. The van der Waals surface area contributed by atoms with Crippen molar-refractivity contribution in [2.24, 2.45) is 5.92 Å². The minimum absolute atomic E-state index is 0. The zero-order valence-corrected chi connectivity index (χ0v) is 14.8. The molecule has 0 aromatic heterocycles. The summed E-state index contributed by atoms with van der Waals surface area (Å²) in [5.41, 5.74) is 2.69. The zero-order valence-electron chi connectivity index (χ0n) is 13.2. The van der Waals surface area contributed by atoms with Gasteiger partial charge in [-0.1, -0.05) is 26.0 Å². The maximum absolute atomic E-state index is 3.50. The monoisotopic (exact) mass is 320 g/mol. The van der Waals surface area contributed by atoms with Gasteiger partial charge in [0.05, 0.1) is 0 Å². The van der Waals surface area contributed by atoms with Gasteiger partial charge in [-0.15, -0.1) is 24.8 Å². The molecule has 1 aromatic rings. The number of halogens is 2.